The number of hydrogen-bond donors (Lipinski definition) is 2. The Morgan fingerprint density at radius 3 is 2.55 bits per heavy atom. The van der Waals surface area contributed by atoms with E-state index in [4.69, 9.17) is 0 Å². The third kappa shape index (κ3) is 5.92. The topological polar surface area (TPSA) is 39.7 Å². The van der Waals surface area contributed by atoms with Gasteiger partial charge in [-0.25, -0.2) is 4.99 Å². The van der Waals surface area contributed by atoms with Crippen LogP contribution in [0.25, 0.3) is 0 Å². The van der Waals surface area contributed by atoms with Gasteiger partial charge in [0.05, 0.1) is 6.54 Å². The fourth-order valence-electron chi connectivity index (χ4n) is 1.93. The van der Waals surface area contributed by atoms with Crippen molar-refractivity contribution in [2.45, 2.75) is 34.2 Å². The van der Waals surface area contributed by atoms with E-state index in [1.165, 1.54) is 10.4 Å². The third-order valence-corrected chi connectivity index (χ3v) is 4.32. The summed E-state index contributed by atoms with van der Waals surface area (Å²) in [6.45, 7) is 14.4. The minimum Gasteiger partial charge on any atom is -0.357 e. The molecule has 114 valence electrons. The summed E-state index contributed by atoms with van der Waals surface area (Å²) in [7, 11) is 0. The minimum absolute atomic E-state index is 0.754. The fourth-order valence-corrected chi connectivity index (χ4v) is 2.76. The van der Waals surface area contributed by atoms with Crippen LogP contribution in [0.3, 0.4) is 0 Å². The lowest BCUT2D eigenvalue weighted by molar-refractivity contribution is 0.308. The highest BCUT2D eigenvalue weighted by Gasteiger charge is 2.02. The maximum Gasteiger partial charge on any atom is 0.191 e. The molecule has 0 radical (unpaired) electrons. The van der Waals surface area contributed by atoms with Crippen LogP contribution in [0.1, 0.15) is 31.2 Å². The molecule has 1 aromatic rings. The highest BCUT2D eigenvalue weighted by atomic mass is 32.1. The van der Waals surface area contributed by atoms with E-state index in [2.05, 4.69) is 59.7 Å². The van der Waals surface area contributed by atoms with E-state index in [-0.39, 0.29) is 0 Å². The number of aliphatic imine (C=N–C) groups is 1. The zero-order valence-electron chi connectivity index (χ0n) is 13.2. The Labute approximate surface area is 127 Å². The van der Waals surface area contributed by atoms with Gasteiger partial charge in [-0.1, -0.05) is 13.8 Å². The smallest absolute Gasteiger partial charge is 0.191 e. The Morgan fingerprint density at radius 1 is 1.25 bits per heavy atom. The monoisotopic (exact) mass is 296 g/mol. The van der Waals surface area contributed by atoms with Crippen molar-refractivity contribution in [3.8, 4) is 0 Å². The largest absolute Gasteiger partial charge is 0.357 e. The number of rotatable bonds is 8. The first-order valence-electron chi connectivity index (χ1n) is 7.48. The Hall–Kier alpha value is -1.07. The van der Waals surface area contributed by atoms with Crippen LogP contribution in [-0.2, 0) is 6.54 Å². The normalized spacial score (nSPS) is 11.9. The van der Waals surface area contributed by atoms with Crippen LogP contribution in [0.4, 0.5) is 0 Å². The van der Waals surface area contributed by atoms with E-state index in [1.54, 1.807) is 11.3 Å². The van der Waals surface area contributed by atoms with Gasteiger partial charge in [0.1, 0.15) is 0 Å². The third-order valence-electron chi connectivity index (χ3n) is 3.31. The second-order valence-electron chi connectivity index (χ2n) is 4.68. The molecule has 2 N–H and O–H groups in total. The lowest BCUT2D eigenvalue weighted by atomic mass is 10.3. The first-order valence-corrected chi connectivity index (χ1v) is 8.36. The molecule has 0 aliphatic heterocycles. The van der Waals surface area contributed by atoms with Gasteiger partial charge in [0.25, 0.3) is 0 Å². The summed E-state index contributed by atoms with van der Waals surface area (Å²) >= 11 is 1.77. The zero-order valence-corrected chi connectivity index (χ0v) is 14.0. The van der Waals surface area contributed by atoms with E-state index < -0.39 is 0 Å². The van der Waals surface area contributed by atoms with Gasteiger partial charge in [-0.3, -0.25) is 0 Å². The Balaban J connectivity index is 2.45. The molecule has 0 atom stereocenters. The van der Waals surface area contributed by atoms with Crippen molar-refractivity contribution < 1.29 is 0 Å². The van der Waals surface area contributed by atoms with Crippen molar-refractivity contribution in [2.75, 3.05) is 32.7 Å². The molecule has 1 heterocycles. The summed E-state index contributed by atoms with van der Waals surface area (Å²) in [4.78, 5) is 8.39. The van der Waals surface area contributed by atoms with Crippen LogP contribution in [0.15, 0.2) is 16.4 Å². The maximum atomic E-state index is 4.65. The van der Waals surface area contributed by atoms with E-state index in [9.17, 15) is 0 Å². The molecular weight excluding hydrogens is 268 g/mol. The standard InChI is InChI=1S/C15H28N4S/c1-5-16-15(17-9-10-19(6-2)7-3)18-12-14-13(4)8-11-20-14/h8,11H,5-7,9-10,12H2,1-4H3,(H2,16,17,18). The molecule has 0 saturated carbocycles. The average Bonchev–Trinajstić information content (AvgIpc) is 2.86. The van der Waals surface area contributed by atoms with E-state index in [1.807, 2.05) is 0 Å². The van der Waals surface area contributed by atoms with Gasteiger partial charge < -0.3 is 15.5 Å². The van der Waals surface area contributed by atoms with Crippen molar-refractivity contribution in [2.24, 2.45) is 4.99 Å². The molecule has 0 spiro atoms. The molecule has 0 aliphatic carbocycles. The molecule has 0 amide bonds. The molecule has 1 rings (SSSR count). The number of nitrogens with zero attached hydrogens (tertiary/aromatic N) is 2. The van der Waals surface area contributed by atoms with E-state index >= 15 is 0 Å². The first kappa shape index (κ1) is 17.0. The summed E-state index contributed by atoms with van der Waals surface area (Å²) in [5, 5.41) is 8.83. The van der Waals surface area contributed by atoms with Gasteiger partial charge >= 0.3 is 0 Å². The first-order chi connectivity index (χ1) is 9.71. The molecule has 0 bridgehead atoms. The van der Waals surface area contributed by atoms with Crippen LogP contribution in [-0.4, -0.2) is 43.6 Å². The molecule has 0 saturated heterocycles. The molecular formula is C15H28N4S. The van der Waals surface area contributed by atoms with Gasteiger partial charge in [0, 0.05) is 24.5 Å². The average molecular weight is 296 g/mol. The molecule has 0 fully saturated rings. The number of nitrogens with one attached hydrogen (secondary N) is 2. The second-order valence-corrected chi connectivity index (χ2v) is 5.68. The highest BCUT2D eigenvalue weighted by molar-refractivity contribution is 7.10. The van der Waals surface area contributed by atoms with E-state index in [0.29, 0.717) is 0 Å². The van der Waals surface area contributed by atoms with Crippen LogP contribution in [0.5, 0.6) is 0 Å². The van der Waals surface area contributed by atoms with Crippen molar-refractivity contribution >= 4 is 17.3 Å². The molecule has 1 aromatic heterocycles. The van der Waals surface area contributed by atoms with Gasteiger partial charge in [0.2, 0.25) is 0 Å². The Kier molecular flexibility index (Phi) is 8.30. The van der Waals surface area contributed by atoms with Crippen molar-refractivity contribution in [1.29, 1.82) is 0 Å². The quantitative estimate of drug-likeness (QED) is 0.572. The van der Waals surface area contributed by atoms with E-state index in [0.717, 1.165) is 45.2 Å². The van der Waals surface area contributed by atoms with Gasteiger partial charge in [0.15, 0.2) is 5.96 Å². The number of likely N-dealkylation sites (N-methyl/N-ethyl adjacent to an activating group) is 1. The molecule has 0 aromatic carbocycles. The molecule has 5 heteroatoms. The van der Waals surface area contributed by atoms with Crippen LogP contribution in [0, 0.1) is 6.92 Å². The SMILES string of the molecule is CCNC(=NCc1sccc1C)NCCN(CC)CC. The number of hydrogen-bond acceptors (Lipinski definition) is 3. The predicted octanol–water partition coefficient (Wildman–Crippen LogP) is 2.45. The fraction of sp³-hybridized carbons (Fsp3) is 0.667. The molecule has 0 unspecified atom stereocenters. The Bertz CT molecular complexity index is 396. The van der Waals surface area contributed by atoms with Gasteiger partial charge in [-0.2, -0.15) is 0 Å². The molecule has 0 aliphatic rings. The maximum absolute atomic E-state index is 4.65. The molecule has 20 heavy (non-hydrogen) atoms. The summed E-state index contributed by atoms with van der Waals surface area (Å²) in [5.74, 6) is 0.910. The predicted molar refractivity (Wildman–Crippen MR) is 89.7 cm³/mol. The summed E-state index contributed by atoms with van der Waals surface area (Å²) in [5.41, 5.74) is 1.33. The zero-order chi connectivity index (χ0) is 14.8. The lowest BCUT2D eigenvalue weighted by Gasteiger charge is -2.19. The summed E-state index contributed by atoms with van der Waals surface area (Å²) in [6.07, 6.45) is 0. The van der Waals surface area contributed by atoms with Crippen LogP contribution >= 0.6 is 11.3 Å². The lowest BCUT2D eigenvalue weighted by Crippen LogP contribution is -2.41. The van der Waals surface area contributed by atoms with Crippen LogP contribution < -0.4 is 10.6 Å². The molecule has 4 nitrogen and oxygen atoms in total. The highest BCUT2D eigenvalue weighted by Crippen LogP contribution is 2.16. The van der Waals surface area contributed by atoms with Crippen molar-refractivity contribution in [1.82, 2.24) is 15.5 Å². The second kappa shape index (κ2) is 9.77. The Morgan fingerprint density at radius 2 is 2.00 bits per heavy atom. The van der Waals surface area contributed by atoms with Crippen molar-refractivity contribution in [3.63, 3.8) is 0 Å². The van der Waals surface area contributed by atoms with Crippen LogP contribution in [0.2, 0.25) is 0 Å². The number of aryl methyl sites for hydroxylation is 1. The van der Waals surface area contributed by atoms with Crippen molar-refractivity contribution in [3.05, 3.63) is 21.9 Å². The summed E-state index contributed by atoms with van der Waals surface area (Å²) in [6, 6.07) is 2.15. The number of guanidine groups is 1. The summed E-state index contributed by atoms with van der Waals surface area (Å²) < 4.78 is 0. The minimum atomic E-state index is 0.754. The van der Waals surface area contributed by atoms with Gasteiger partial charge in [-0.15, -0.1) is 11.3 Å². The number of thiophene rings is 1. The van der Waals surface area contributed by atoms with Gasteiger partial charge in [-0.05, 0) is 43.9 Å².